The molecule has 1 amide bonds. The summed E-state index contributed by atoms with van der Waals surface area (Å²) in [6, 6.07) is 3.74. The minimum Gasteiger partial charge on any atom is -0.493 e. The summed E-state index contributed by atoms with van der Waals surface area (Å²) < 4.78 is 11.0. The van der Waals surface area contributed by atoms with Crippen molar-refractivity contribution in [1.82, 2.24) is 9.91 Å². The number of benzene rings is 1. The summed E-state index contributed by atoms with van der Waals surface area (Å²) in [6.45, 7) is 4.79. The van der Waals surface area contributed by atoms with Gasteiger partial charge in [0, 0.05) is 12.3 Å². The van der Waals surface area contributed by atoms with E-state index in [9.17, 15) is 4.79 Å². The fourth-order valence-electron chi connectivity index (χ4n) is 5.06. The molecular weight excluding hydrogens is 342 g/mol. The first-order chi connectivity index (χ1) is 13.0. The molecule has 2 aliphatic heterocycles. The number of hydrogen-bond acceptors (Lipinski definition) is 5. The summed E-state index contributed by atoms with van der Waals surface area (Å²) in [5.41, 5.74) is 2.86. The van der Waals surface area contributed by atoms with Crippen molar-refractivity contribution in [2.24, 2.45) is 5.10 Å². The number of methoxy groups -OCH3 is 2. The maximum atomic E-state index is 13.6. The zero-order valence-electron chi connectivity index (χ0n) is 16.7. The Balaban J connectivity index is 1.84. The lowest BCUT2D eigenvalue weighted by Gasteiger charge is -2.46. The molecule has 1 atom stereocenters. The summed E-state index contributed by atoms with van der Waals surface area (Å²) >= 11 is 0. The van der Waals surface area contributed by atoms with Gasteiger partial charge < -0.3 is 9.47 Å². The quantitative estimate of drug-likeness (QED) is 0.763. The fraction of sp³-hybridized carbons (Fsp3) is 0.619. The number of carbonyl (C=O) groups excluding carboxylic acids is 1. The smallest absolute Gasteiger partial charge is 0.266 e. The van der Waals surface area contributed by atoms with E-state index in [4.69, 9.17) is 14.6 Å². The number of hydrogen-bond donors (Lipinski definition) is 0. The van der Waals surface area contributed by atoms with Crippen molar-refractivity contribution in [2.75, 3.05) is 20.8 Å². The largest absolute Gasteiger partial charge is 0.493 e. The first kappa shape index (κ1) is 18.3. The highest BCUT2D eigenvalue weighted by atomic mass is 16.5. The first-order valence-electron chi connectivity index (χ1n) is 9.89. The van der Waals surface area contributed by atoms with E-state index in [-0.39, 0.29) is 17.6 Å². The number of ether oxygens (including phenoxy) is 2. The van der Waals surface area contributed by atoms with Gasteiger partial charge in [0.25, 0.3) is 5.91 Å². The van der Waals surface area contributed by atoms with Gasteiger partial charge in [0.05, 0.1) is 14.2 Å². The predicted octanol–water partition coefficient (Wildman–Crippen LogP) is 3.50. The Labute approximate surface area is 161 Å². The molecule has 6 nitrogen and oxygen atoms in total. The van der Waals surface area contributed by atoms with Crippen LogP contribution in [0.15, 0.2) is 17.2 Å². The number of nitrogens with zero attached hydrogens (tertiary/aromatic N) is 3. The second-order valence-electron chi connectivity index (χ2n) is 7.99. The van der Waals surface area contributed by atoms with Crippen LogP contribution < -0.4 is 9.47 Å². The molecule has 146 valence electrons. The SMILES string of the molecule is COc1cc2c(cc1OC)C1C(=O)N(N=C(C)C)C3(CCCCC3)N1CC2. The molecule has 0 aromatic heterocycles. The van der Waals surface area contributed by atoms with Crippen LogP contribution in [0.4, 0.5) is 0 Å². The molecule has 1 aliphatic carbocycles. The molecule has 0 N–H and O–H groups in total. The van der Waals surface area contributed by atoms with Gasteiger partial charge in [-0.1, -0.05) is 6.42 Å². The van der Waals surface area contributed by atoms with Crippen molar-refractivity contribution in [2.45, 2.75) is 64.1 Å². The van der Waals surface area contributed by atoms with E-state index < -0.39 is 0 Å². The molecule has 1 saturated carbocycles. The molecule has 3 aliphatic rings. The highest BCUT2D eigenvalue weighted by molar-refractivity contribution is 5.89. The molecule has 1 aromatic carbocycles. The minimum atomic E-state index is -0.283. The predicted molar refractivity (Wildman–Crippen MR) is 104 cm³/mol. The Kier molecular flexibility index (Phi) is 4.62. The number of rotatable bonds is 3. The van der Waals surface area contributed by atoms with Crippen LogP contribution in [0.1, 0.15) is 63.1 Å². The van der Waals surface area contributed by atoms with Gasteiger partial charge in [-0.3, -0.25) is 9.69 Å². The van der Waals surface area contributed by atoms with Gasteiger partial charge in [-0.15, -0.1) is 0 Å². The molecule has 0 bridgehead atoms. The molecule has 2 heterocycles. The van der Waals surface area contributed by atoms with Crippen LogP contribution in [0.5, 0.6) is 11.5 Å². The lowest BCUT2D eigenvalue weighted by Crippen LogP contribution is -2.54. The molecule has 27 heavy (non-hydrogen) atoms. The Hall–Kier alpha value is -2.08. The Morgan fingerprint density at radius 3 is 2.41 bits per heavy atom. The standard InChI is InChI=1S/C21H29N3O3/c1-14(2)22-24-20(25)19-16-13-18(27-4)17(26-3)12-15(16)8-11-23(19)21(24)9-6-5-7-10-21/h12-13,19H,5-11H2,1-4H3. The van der Waals surface area contributed by atoms with E-state index in [0.717, 1.165) is 55.7 Å². The summed E-state index contributed by atoms with van der Waals surface area (Å²) in [5.74, 6) is 1.49. The number of fused-ring (bicyclic) bond motifs is 4. The monoisotopic (exact) mass is 371 g/mol. The van der Waals surface area contributed by atoms with Crippen molar-refractivity contribution < 1.29 is 14.3 Å². The lowest BCUT2D eigenvalue weighted by molar-refractivity contribution is -0.133. The first-order valence-corrected chi connectivity index (χ1v) is 9.89. The van der Waals surface area contributed by atoms with Gasteiger partial charge >= 0.3 is 0 Å². The van der Waals surface area contributed by atoms with Crippen molar-refractivity contribution >= 4 is 11.6 Å². The maximum absolute atomic E-state index is 13.6. The zero-order chi connectivity index (χ0) is 19.2. The van der Waals surface area contributed by atoms with Gasteiger partial charge in [-0.25, -0.2) is 5.01 Å². The van der Waals surface area contributed by atoms with Gasteiger partial charge in [-0.2, -0.15) is 5.10 Å². The van der Waals surface area contributed by atoms with Crippen LogP contribution in [0, 0.1) is 0 Å². The van der Waals surface area contributed by atoms with Crippen molar-refractivity contribution in [3.8, 4) is 11.5 Å². The Morgan fingerprint density at radius 1 is 1.11 bits per heavy atom. The van der Waals surface area contributed by atoms with Gasteiger partial charge in [0.1, 0.15) is 11.7 Å². The summed E-state index contributed by atoms with van der Waals surface area (Å²) in [7, 11) is 3.29. The Morgan fingerprint density at radius 2 is 1.78 bits per heavy atom. The maximum Gasteiger partial charge on any atom is 0.266 e. The van der Waals surface area contributed by atoms with Crippen molar-refractivity contribution in [3.63, 3.8) is 0 Å². The minimum absolute atomic E-state index is 0.0891. The average molecular weight is 371 g/mol. The van der Waals surface area contributed by atoms with Crippen LogP contribution in [-0.4, -0.2) is 48.0 Å². The fourth-order valence-corrected chi connectivity index (χ4v) is 5.06. The molecule has 0 radical (unpaired) electrons. The number of carbonyl (C=O) groups is 1. The lowest BCUT2D eigenvalue weighted by atomic mass is 9.85. The number of hydrazone groups is 1. The second-order valence-corrected chi connectivity index (χ2v) is 7.99. The molecule has 6 heteroatoms. The Bertz CT molecular complexity index is 779. The van der Waals surface area contributed by atoms with Crippen LogP contribution >= 0.6 is 0 Å². The molecule has 4 rings (SSSR count). The highest BCUT2D eigenvalue weighted by Gasteiger charge is 2.59. The zero-order valence-corrected chi connectivity index (χ0v) is 16.7. The molecule has 1 saturated heterocycles. The van der Waals surface area contributed by atoms with Gasteiger partial charge in [0.2, 0.25) is 0 Å². The summed E-state index contributed by atoms with van der Waals surface area (Å²) in [6.07, 6.45) is 6.42. The van der Waals surface area contributed by atoms with Crippen molar-refractivity contribution in [1.29, 1.82) is 0 Å². The average Bonchev–Trinajstić information content (AvgIpc) is 2.89. The number of amides is 1. The van der Waals surface area contributed by atoms with Crippen LogP contribution in [0.3, 0.4) is 0 Å². The third kappa shape index (κ3) is 2.73. The van der Waals surface area contributed by atoms with E-state index >= 15 is 0 Å². The van der Waals surface area contributed by atoms with Gasteiger partial charge in [-0.05, 0) is 69.2 Å². The van der Waals surface area contributed by atoms with E-state index in [1.54, 1.807) is 14.2 Å². The molecule has 2 fully saturated rings. The second kappa shape index (κ2) is 6.82. The van der Waals surface area contributed by atoms with E-state index in [2.05, 4.69) is 4.90 Å². The van der Waals surface area contributed by atoms with Gasteiger partial charge in [0.15, 0.2) is 11.5 Å². The van der Waals surface area contributed by atoms with E-state index in [1.165, 1.54) is 12.0 Å². The normalized spacial score (nSPS) is 23.8. The molecular formula is C21H29N3O3. The molecule has 1 unspecified atom stereocenters. The third-order valence-corrected chi connectivity index (χ3v) is 6.20. The van der Waals surface area contributed by atoms with E-state index in [1.807, 2.05) is 31.0 Å². The molecule has 1 aromatic rings. The molecule has 1 spiro atoms. The topological polar surface area (TPSA) is 54.4 Å². The summed E-state index contributed by atoms with van der Waals surface area (Å²) in [4.78, 5) is 16.0. The third-order valence-electron chi connectivity index (χ3n) is 6.20. The van der Waals surface area contributed by atoms with E-state index in [0.29, 0.717) is 5.75 Å². The van der Waals surface area contributed by atoms with Crippen LogP contribution in [-0.2, 0) is 11.2 Å². The van der Waals surface area contributed by atoms with Crippen LogP contribution in [0.2, 0.25) is 0 Å². The summed E-state index contributed by atoms with van der Waals surface area (Å²) in [5, 5.41) is 6.53. The van der Waals surface area contributed by atoms with Crippen LogP contribution in [0.25, 0.3) is 0 Å². The highest BCUT2D eigenvalue weighted by Crippen LogP contribution is 2.51. The van der Waals surface area contributed by atoms with Crippen molar-refractivity contribution in [3.05, 3.63) is 23.3 Å².